The lowest BCUT2D eigenvalue weighted by atomic mass is 10.1. The van der Waals surface area contributed by atoms with Crippen molar-refractivity contribution in [2.75, 3.05) is 0 Å². The molecule has 0 spiro atoms. The van der Waals surface area contributed by atoms with Gasteiger partial charge in [0.1, 0.15) is 5.82 Å². The van der Waals surface area contributed by atoms with Crippen LogP contribution in [0.4, 0.5) is 4.39 Å². The predicted molar refractivity (Wildman–Crippen MR) is 68.6 cm³/mol. The third kappa shape index (κ3) is 3.30. The standard InChI is InChI=1S/C13H14ClFN2O2/c1-7(8(2)18)13-16-12(17-19-13)5-9-3-4-10(15)6-11(9)14/h3-4,6-8,18H,5H2,1-2H3. The topological polar surface area (TPSA) is 59.2 Å². The molecular weight excluding hydrogens is 271 g/mol. The number of aliphatic hydroxyl groups excluding tert-OH is 1. The van der Waals surface area contributed by atoms with Crippen molar-refractivity contribution in [3.63, 3.8) is 0 Å². The molecule has 4 nitrogen and oxygen atoms in total. The highest BCUT2D eigenvalue weighted by molar-refractivity contribution is 6.31. The summed E-state index contributed by atoms with van der Waals surface area (Å²) in [7, 11) is 0. The van der Waals surface area contributed by atoms with Crippen molar-refractivity contribution in [1.29, 1.82) is 0 Å². The molecule has 0 aliphatic rings. The highest BCUT2D eigenvalue weighted by atomic mass is 35.5. The van der Waals surface area contributed by atoms with Crippen molar-refractivity contribution in [2.45, 2.75) is 32.3 Å². The summed E-state index contributed by atoms with van der Waals surface area (Å²) in [6.07, 6.45) is -0.211. The molecule has 0 radical (unpaired) electrons. The van der Waals surface area contributed by atoms with Crippen LogP contribution in [0.15, 0.2) is 22.7 Å². The molecule has 102 valence electrons. The van der Waals surface area contributed by atoms with Gasteiger partial charge in [0.2, 0.25) is 5.89 Å². The van der Waals surface area contributed by atoms with Crippen molar-refractivity contribution < 1.29 is 14.0 Å². The van der Waals surface area contributed by atoms with Gasteiger partial charge >= 0.3 is 0 Å². The van der Waals surface area contributed by atoms with Gasteiger partial charge in [-0.1, -0.05) is 29.7 Å². The Kier molecular flexibility index (Phi) is 4.17. The second-order valence-electron chi connectivity index (χ2n) is 4.49. The Morgan fingerprint density at radius 2 is 2.16 bits per heavy atom. The molecule has 2 rings (SSSR count). The maximum atomic E-state index is 12.9. The molecule has 2 unspecified atom stereocenters. The van der Waals surface area contributed by atoms with E-state index in [2.05, 4.69) is 10.1 Å². The van der Waals surface area contributed by atoms with Crippen LogP contribution >= 0.6 is 11.6 Å². The first-order valence-corrected chi connectivity index (χ1v) is 6.29. The third-order valence-electron chi connectivity index (χ3n) is 2.96. The molecule has 1 N–H and O–H groups in total. The van der Waals surface area contributed by atoms with E-state index in [1.54, 1.807) is 19.9 Å². The van der Waals surface area contributed by atoms with Crippen LogP contribution in [0.2, 0.25) is 5.02 Å². The van der Waals surface area contributed by atoms with Gasteiger partial charge in [-0.25, -0.2) is 4.39 Å². The molecule has 6 heteroatoms. The summed E-state index contributed by atoms with van der Waals surface area (Å²) < 4.78 is 18.0. The fourth-order valence-corrected chi connectivity index (χ4v) is 1.80. The largest absolute Gasteiger partial charge is 0.393 e. The van der Waals surface area contributed by atoms with E-state index in [4.69, 9.17) is 16.1 Å². The zero-order valence-electron chi connectivity index (χ0n) is 10.6. The lowest BCUT2D eigenvalue weighted by Gasteiger charge is -2.08. The minimum Gasteiger partial charge on any atom is -0.393 e. The molecule has 0 bridgehead atoms. The smallest absolute Gasteiger partial charge is 0.232 e. The zero-order valence-corrected chi connectivity index (χ0v) is 11.4. The van der Waals surface area contributed by atoms with E-state index in [1.165, 1.54) is 12.1 Å². The number of hydrogen-bond acceptors (Lipinski definition) is 4. The zero-order chi connectivity index (χ0) is 14.0. The van der Waals surface area contributed by atoms with E-state index in [1.807, 2.05) is 0 Å². The molecule has 0 saturated heterocycles. The summed E-state index contributed by atoms with van der Waals surface area (Å²) >= 11 is 5.93. The summed E-state index contributed by atoms with van der Waals surface area (Å²) in [4.78, 5) is 4.20. The third-order valence-corrected chi connectivity index (χ3v) is 3.31. The van der Waals surface area contributed by atoms with E-state index in [-0.39, 0.29) is 11.7 Å². The molecule has 0 aliphatic heterocycles. The predicted octanol–water partition coefficient (Wildman–Crippen LogP) is 2.94. The summed E-state index contributed by atoms with van der Waals surface area (Å²) in [5.41, 5.74) is 0.722. The summed E-state index contributed by atoms with van der Waals surface area (Å²) in [6.45, 7) is 3.46. The fourth-order valence-electron chi connectivity index (χ4n) is 1.57. The number of halogens is 2. The normalized spacial score (nSPS) is 14.4. The number of benzene rings is 1. The first kappa shape index (κ1) is 14.0. The Hall–Kier alpha value is -1.46. The molecule has 1 aromatic heterocycles. The second kappa shape index (κ2) is 5.67. The summed E-state index contributed by atoms with van der Waals surface area (Å²) in [5, 5.41) is 13.6. The monoisotopic (exact) mass is 284 g/mol. The van der Waals surface area contributed by atoms with Gasteiger partial charge < -0.3 is 9.63 Å². The molecule has 2 atom stereocenters. The first-order valence-electron chi connectivity index (χ1n) is 5.92. The van der Waals surface area contributed by atoms with E-state index in [0.29, 0.717) is 23.2 Å². The van der Waals surface area contributed by atoms with Crippen molar-refractivity contribution in [2.24, 2.45) is 0 Å². The molecule has 2 aromatic rings. The van der Waals surface area contributed by atoms with Crippen LogP contribution in [-0.2, 0) is 6.42 Å². The SMILES string of the molecule is CC(O)C(C)c1nc(Cc2ccc(F)cc2Cl)no1. The number of aromatic nitrogens is 2. The van der Waals surface area contributed by atoms with Crippen LogP contribution in [0.3, 0.4) is 0 Å². The van der Waals surface area contributed by atoms with E-state index >= 15 is 0 Å². The van der Waals surface area contributed by atoms with Gasteiger partial charge in [0.15, 0.2) is 5.82 Å². The minimum absolute atomic E-state index is 0.232. The fraction of sp³-hybridized carbons (Fsp3) is 0.385. The van der Waals surface area contributed by atoms with E-state index < -0.39 is 6.10 Å². The van der Waals surface area contributed by atoms with Crippen LogP contribution < -0.4 is 0 Å². The van der Waals surface area contributed by atoms with Crippen molar-refractivity contribution in [3.8, 4) is 0 Å². The van der Waals surface area contributed by atoms with Gasteiger partial charge in [-0.3, -0.25) is 0 Å². The molecule has 1 heterocycles. The van der Waals surface area contributed by atoms with Gasteiger partial charge in [-0.15, -0.1) is 0 Å². The van der Waals surface area contributed by atoms with Gasteiger partial charge in [-0.05, 0) is 24.6 Å². The summed E-state index contributed by atoms with van der Waals surface area (Å²) in [6, 6.07) is 4.17. The van der Waals surface area contributed by atoms with Gasteiger partial charge in [0.25, 0.3) is 0 Å². The van der Waals surface area contributed by atoms with Crippen LogP contribution in [-0.4, -0.2) is 21.4 Å². The Bertz CT molecular complexity index is 572. The Balaban J connectivity index is 2.16. The van der Waals surface area contributed by atoms with Crippen LogP contribution in [0.5, 0.6) is 0 Å². The van der Waals surface area contributed by atoms with Crippen molar-refractivity contribution in [1.82, 2.24) is 10.1 Å². The van der Waals surface area contributed by atoms with Gasteiger partial charge in [0, 0.05) is 11.4 Å². The van der Waals surface area contributed by atoms with Gasteiger partial charge in [-0.2, -0.15) is 4.98 Å². The van der Waals surface area contributed by atoms with Gasteiger partial charge in [0.05, 0.1) is 12.0 Å². The summed E-state index contributed by atoms with van der Waals surface area (Å²) in [5.74, 6) is 0.217. The highest BCUT2D eigenvalue weighted by Crippen LogP contribution is 2.21. The number of rotatable bonds is 4. The Morgan fingerprint density at radius 1 is 1.42 bits per heavy atom. The first-order chi connectivity index (χ1) is 8.97. The number of nitrogens with zero attached hydrogens (tertiary/aromatic N) is 2. The molecular formula is C13H14ClFN2O2. The van der Waals surface area contributed by atoms with Crippen molar-refractivity contribution >= 4 is 11.6 Å². The molecule has 1 aromatic carbocycles. The molecule has 0 saturated carbocycles. The second-order valence-corrected chi connectivity index (χ2v) is 4.90. The lowest BCUT2D eigenvalue weighted by molar-refractivity contribution is 0.151. The van der Waals surface area contributed by atoms with Crippen LogP contribution in [0, 0.1) is 5.82 Å². The molecule has 0 fully saturated rings. The number of hydrogen-bond donors (Lipinski definition) is 1. The maximum absolute atomic E-state index is 12.9. The Labute approximate surface area is 115 Å². The highest BCUT2D eigenvalue weighted by Gasteiger charge is 2.19. The van der Waals surface area contributed by atoms with E-state index in [0.717, 1.165) is 5.56 Å². The minimum atomic E-state index is -0.567. The average Bonchev–Trinajstić information content (AvgIpc) is 2.80. The molecule has 0 aliphatic carbocycles. The maximum Gasteiger partial charge on any atom is 0.232 e. The van der Waals surface area contributed by atoms with E-state index in [9.17, 15) is 9.50 Å². The quantitative estimate of drug-likeness (QED) is 0.938. The Morgan fingerprint density at radius 3 is 2.79 bits per heavy atom. The van der Waals surface area contributed by atoms with Crippen LogP contribution in [0.25, 0.3) is 0 Å². The average molecular weight is 285 g/mol. The van der Waals surface area contributed by atoms with Crippen LogP contribution in [0.1, 0.15) is 37.0 Å². The molecule has 0 amide bonds. The molecule has 19 heavy (non-hydrogen) atoms. The number of aliphatic hydroxyl groups is 1. The lowest BCUT2D eigenvalue weighted by Crippen LogP contribution is -2.11. The van der Waals surface area contributed by atoms with Crippen molar-refractivity contribution in [3.05, 3.63) is 46.3 Å².